The summed E-state index contributed by atoms with van der Waals surface area (Å²) in [4.78, 5) is 72.9. The molecule has 0 aromatic carbocycles. The van der Waals surface area contributed by atoms with Crippen LogP contribution in [0.15, 0.2) is 0 Å². The lowest BCUT2D eigenvalue weighted by molar-refractivity contribution is -0.161. The molecule has 0 spiro atoms. The summed E-state index contributed by atoms with van der Waals surface area (Å²) in [6, 6.07) is 0. The molecule has 0 radical (unpaired) electrons. The molecule has 0 saturated heterocycles. The quantitative estimate of drug-likeness (QED) is 0.0222. The first-order chi connectivity index (χ1) is 47.2. The molecule has 98 heavy (non-hydrogen) atoms. The second-order valence-corrected chi connectivity index (χ2v) is 32.6. The van der Waals surface area contributed by atoms with Gasteiger partial charge in [-0.1, -0.05) is 351 Å². The molecule has 0 rings (SSSR count). The van der Waals surface area contributed by atoms with Crippen molar-refractivity contribution in [3.8, 4) is 0 Å². The highest BCUT2D eigenvalue weighted by atomic mass is 31.2. The van der Waals surface area contributed by atoms with E-state index in [9.17, 15) is 43.2 Å². The molecule has 3 N–H and O–H groups in total. The van der Waals surface area contributed by atoms with Gasteiger partial charge in [-0.15, -0.1) is 0 Å². The van der Waals surface area contributed by atoms with Crippen LogP contribution < -0.4 is 0 Å². The van der Waals surface area contributed by atoms with Crippen molar-refractivity contribution >= 4 is 39.5 Å². The van der Waals surface area contributed by atoms with Crippen LogP contribution in [0.1, 0.15) is 402 Å². The molecule has 0 aliphatic rings. The van der Waals surface area contributed by atoms with E-state index in [0.29, 0.717) is 25.7 Å². The van der Waals surface area contributed by atoms with Gasteiger partial charge in [-0.2, -0.15) is 0 Å². The first kappa shape index (κ1) is 96.1. The lowest BCUT2D eigenvalue weighted by Crippen LogP contribution is -2.30. The van der Waals surface area contributed by atoms with Crippen LogP contribution in [0.25, 0.3) is 0 Å². The van der Waals surface area contributed by atoms with E-state index in [1.54, 1.807) is 0 Å². The summed E-state index contributed by atoms with van der Waals surface area (Å²) in [5, 5.41) is 10.6. The van der Waals surface area contributed by atoms with Crippen molar-refractivity contribution < 1.29 is 80.2 Å². The van der Waals surface area contributed by atoms with Crippen LogP contribution in [-0.2, 0) is 65.4 Å². The highest BCUT2D eigenvalue weighted by Gasteiger charge is 2.30. The molecule has 0 fully saturated rings. The van der Waals surface area contributed by atoms with Gasteiger partial charge in [0.15, 0.2) is 12.2 Å². The SMILES string of the molecule is CCC(C)CCCCCCCCCCCCCCCCC(=O)O[C@H](COC(=O)CCCCCCCCC(C)CC)COP(=O)(O)OC[C@H](O)COP(=O)(O)OC[C@@H](COC(=O)CCCCCCCCCCC(C)CC)OC(=O)CCCCCCCCCCCCCCCCCC(C)C. The number of ether oxygens (including phenoxy) is 4. The van der Waals surface area contributed by atoms with E-state index >= 15 is 0 Å². The van der Waals surface area contributed by atoms with E-state index < -0.39 is 97.5 Å². The third-order valence-corrected chi connectivity index (χ3v) is 21.3. The molecule has 0 saturated carbocycles. The molecule has 0 heterocycles. The molecule has 0 amide bonds. The molecule has 8 atom stereocenters. The van der Waals surface area contributed by atoms with Crippen LogP contribution in [0.4, 0.5) is 0 Å². The molecule has 19 heteroatoms. The van der Waals surface area contributed by atoms with Crippen molar-refractivity contribution in [2.45, 2.75) is 420 Å². The minimum Gasteiger partial charge on any atom is -0.462 e. The molecular formula is C79H154O17P2. The fraction of sp³-hybridized carbons (Fsp3) is 0.949. The Labute approximate surface area is 600 Å². The van der Waals surface area contributed by atoms with Gasteiger partial charge in [0.05, 0.1) is 26.4 Å². The topological polar surface area (TPSA) is 237 Å². The largest absolute Gasteiger partial charge is 0.472 e. The number of unbranched alkanes of at least 4 members (excludes halogenated alkanes) is 39. The Kier molecular flexibility index (Phi) is 66.8. The van der Waals surface area contributed by atoms with Crippen molar-refractivity contribution in [1.82, 2.24) is 0 Å². The second-order valence-electron chi connectivity index (χ2n) is 29.7. The predicted molar refractivity (Wildman–Crippen MR) is 400 cm³/mol. The van der Waals surface area contributed by atoms with E-state index in [-0.39, 0.29) is 25.7 Å². The summed E-state index contributed by atoms with van der Waals surface area (Å²) < 4.78 is 68.6. The van der Waals surface area contributed by atoms with E-state index in [1.807, 2.05) is 0 Å². The van der Waals surface area contributed by atoms with Crippen molar-refractivity contribution in [3.05, 3.63) is 0 Å². The molecule has 0 aromatic heterocycles. The summed E-state index contributed by atoms with van der Waals surface area (Å²) in [5.74, 6) is 1.04. The smallest absolute Gasteiger partial charge is 0.462 e. The van der Waals surface area contributed by atoms with Crippen molar-refractivity contribution in [1.29, 1.82) is 0 Å². The Morgan fingerprint density at radius 1 is 0.286 bits per heavy atom. The van der Waals surface area contributed by atoms with Gasteiger partial charge < -0.3 is 33.8 Å². The molecular weight excluding hydrogens is 1280 g/mol. The number of rotatable bonds is 76. The zero-order valence-electron chi connectivity index (χ0n) is 64.4. The van der Waals surface area contributed by atoms with Crippen LogP contribution in [0.3, 0.4) is 0 Å². The van der Waals surface area contributed by atoms with E-state index in [4.69, 9.17) is 37.0 Å². The number of carbonyl (C=O) groups excluding carboxylic acids is 4. The predicted octanol–water partition coefficient (Wildman–Crippen LogP) is 23.2. The average Bonchev–Trinajstić information content (AvgIpc) is 1.01. The fourth-order valence-electron chi connectivity index (χ4n) is 12.0. The van der Waals surface area contributed by atoms with Crippen LogP contribution in [0, 0.1) is 23.7 Å². The molecule has 5 unspecified atom stereocenters. The van der Waals surface area contributed by atoms with Gasteiger partial charge in [-0.05, 0) is 49.4 Å². The normalized spacial score (nSPS) is 14.9. The van der Waals surface area contributed by atoms with Crippen molar-refractivity contribution in [2.75, 3.05) is 39.6 Å². The van der Waals surface area contributed by atoms with Gasteiger partial charge in [0.25, 0.3) is 0 Å². The Morgan fingerprint density at radius 2 is 0.490 bits per heavy atom. The maximum absolute atomic E-state index is 13.1. The molecule has 0 aliphatic carbocycles. The van der Waals surface area contributed by atoms with Crippen LogP contribution >= 0.6 is 15.6 Å². The highest BCUT2D eigenvalue weighted by Crippen LogP contribution is 2.45. The lowest BCUT2D eigenvalue weighted by atomic mass is 9.99. The van der Waals surface area contributed by atoms with Crippen LogP contribution in [-0.4, -0.2) is 96.7 Å². The maximum atomic E-state index is 13.1. The maximum Gasteiger partial charge on any atom is 0.472 e. The van der Waals surface area contributed by atoms with Crippen LogP contribution in [0.2, 0.25) is 0 Å². The standard InChI is InChI=1S/C79H154O17P2/c1-9-70(6)56-48-40-32-26-22-18-15-16-20-24-28-36-46-54-62-79(84)96-75(66-90-77(82)60-52-44-38-37-42-50-58-72(8)11-3)68-94-98(87,88)92-64-73(80)63-91-97(85,86)93-67-74(65-89-76(81)59-51-43-34-30-29-33-41-49-57-71(7)10-2)95-78(83)61-53-45-35-27-23-19-14-12-13-17-21-25-31-39-47-55-69(4)5/h69-75,80H,9-68H2,1-8H3,(H,85,86)(H,87,88)/t70?,71?,72?,73-,74-,75-/m1/s1. The Morgan fingerprint density at radius 3 is 0.724 bits per heavy atom. The molecule has 0 aromatic rings. The van der Waals surface area contributed by atoms with Gasteiger partial charge >= 0.3 is 39.5 Å². The molecule has 582 valence electrons. The van der Waals surface area contributed by atoms with Crippen molar-refractivity contribution in [3.63, 3.8) is 0 Å². The van der Waals surface area contributed by atoms with Gasteiger partial charge in [-0.3, -0.25) is 37.3 Å². The minimum absolute atomic E-state index is 0.106. The Hall–Kier alpha value is -1.94. The molecule has 0 bridgehead atoms. The monoisotopic (exact) mass is 1440 g/mol. The first-order valence-electron chi connectivity index (χ1n) is 40.8. The number of aliphatic hydroxyl groups is 1. The number of hydrogen-bond donors (Lipinski definition) is 3. The number of aliphatic hydroxyl groups excluding tert-OH is 1. The van der Waals surface area contributed by atoms with Crippen LogP contribution in [0.5, 0.6) is 0 Å². The zero-order valence-corrected chi connectivity index (χ0v) is 66.2. The number of hydrogen-bond acceptors (Lipinski definition) is 15. The van der Waals surface area contributed by atoms with Crippen molar-refractivity contribution in [2.24, 2.45) is 23.7 Å². The number of phosphoric ester groups is 2. The summed E-state index contributed by atoms with van der Waals surface area (Å²) in [6.07, 6.45) is 54.0. The first-order valence-corrected chi connectivity index (χ1v) is 43.8. The fourth-order valence-corrected chi connectivity index (χ4v) is 13.6. The van der Waals surface area contributed by atoms with E-state index in [2.05, 4.69) is 55.4 Å². The van der Waals surface area contributed by atoms with E-state index in [0.717, 1.165) is 120 Å². The summed E-state index contributed by atoms with van der Waals surface area (Å²) in [7, 11) is -9.92. The van der Waals surface area contributed by atoms with Gasteiger partial charge in [0.1, 0.15) is 19.3 Å². The summed E-state index contributed by atoms with van der Waals surface area (Å²) in [6.45, 7) is 14.3. The minimum atomic E-state index is -4.96. The second kappa shape index (κ2) is 68.2. The van der Waals surface area contributed by atoms with E-state index in [1.165, 1.54) is 199 Å². The summed E-state index contributed by atoms with van der Waals surface area (Å²) >= 11 is 0. The van der Waals surface area contributed by atoms with Gasteiger partial charge in [-0.25, -0.2) is 9.13 Å². The number of phosphoric acid groups is 2. The third kappa shape index (κ3) is 68.5. The van der Waals surface area contributed by atoms with Gasteiger partial charge in [0, 0.05) is 25.7 Å². The number of carbonyl (C=O) groups is 4. The molecule has 0 aliphatic heterocycles. The molecule has 17 nitrogen and oxygen atoms in total. The highest BCUT2D eigenvalue weighted by molar-refractivity contribution is 7.47. The van der Waals surface area contributed by atoms with Gasteiger partial charge in [0.2, 0.25) is 0 Å². The third-order valence-electron chi connectivity index (χ3n) is 19.4. The summed E-state index contributed by atoms with van der Waals surface area (Å²) in [5.41, 5.74) is 0. The Balaban J connectivity index is 5.24. The average molecular weight is 1440 g/mol. The lowest BCUT2D eigenvalue weighted by Gasteiger charge is -2.21. The zero-order chi connectivity index (χ0) is 72.4. The number of esters is 4. The Bertz CT molecular complexity index is 1930.